The zero-order valence-corrected chi connectivity index (χ0v) is 9.85. The SMILES string of the molecule is CC1CNCC1C(=O)NC1C=CC(C(=O)O)C1. The van der Waals surface area contributed by atoms with Gasteiger partial charge in [-0.15, -0.1) is 0 Å². The van der Waals surface area contributed by atoms with Crippen molar-refractivity contribution in [3.63, 3.8) is 0 Å². The fraction of sp³-hybridized carbons (Fsp3) is 0.667. The van der Waals surface area contributed by atoms with Crippen LogP contribution >= 0.6 is 0 Å². The zero-order chi connectivity index (χ0) is 12.4. The highest BCUT2D eigenvalue weighted by Gasteiger charge is 2.32. The minimum Gasteiger partial charge on any atom is -0.481 e. The van der Waals surface area contributed by atoms with E-state index in [0.29, 0.717) is 18.9 Å². The molecule has 2 aliphatic rings. The third-order valence-corrected chi connectivity index (χ3v) is 3.58. The van der Waals surface area contributed by atoms with Gasteiger partial charge in [0.2, 0.25) is 5.91 Å². The summed E-state index contributed by atoms with van der Waals surface area (Å²) in [5, 5.41) is 14.9. The second-order valence-corrected chi connectivity index (χ2v) is 4.92. The Morgan fingerprint density at radius 1 is 1.35 bits per heavy atom. The van der Waals surface area contributed by atoms with E-state index in [0.717, 1.165) is 6.54 Å². The number of carbonyl (C=O) groups is 2. The van der Waals surface area contributed by atoms with Crippen LogP contribution in [-0.4, -0.2) is 36.1 Å². The Morgan fingerprint density at radius 3 is 2.65 bits per heavy atom. The Hall–Kier alpha value is -1.36. The number of carbonyl (C=O) groups excluding carboxylic acids is 1. The molecule has 0 spiro atoms. The first kappa shape index (κ1) is 12.1. The fourth-order valence-electron chi connectivity index (χ4n) is 2.44. The van der Waals surface area contributed by atoms with Crippen LogP contribution in [0.2, 0.25) is 0 Å². The van der Waals surface area contributed by atoms with E-state index in [4.69, 9.17) is 5.11 Å². The molecule has 0 bridgehead atoms. The van der Waals surface area contributed by atoms with Crippen LogP contribution in [0.15, 0.2) is 12.2 Å². The second-order valence-electron chi connectivity index (χ2n) is 4.92. The largest absolute Gasteiger partial charge is 0.481 e. The zero-order valence-electron chi connectivity index (χ0n) is 9.85. The Labute approximate surface area is 100 Å². The predicted molar refractivity (Wildman–Crippen MR) is 62.3 cm³/mol. The van der Waals surface area contributed by atoms with E-state index < -0.39 is 11.9 Å². The molecule has 2 rings (SSSR count). The molecule has 1 amide bonds. The van der Waals surface area contributed by atoms with Crippen molar-refractivity contribution in [3.05, 3.63) is 12.2 Å². The lowest BCUT2D eigenvalue weighted by molar-refractivity contribution is -0.140. The lowest BCUT2D eigenvalue weighted by atomic mass is 9.97. The van der Waals surface area contributed by atoms with Crippen LogP contribution in [0.1, 0.15) is 13.3 Å². The summed E-state index contributed by atoms with van der Waals surface area (Å²) >= 11 is 0. The van der Waals surface area contributed by atoms with Crippen molar-refractivity contribution in [1.82, 2.24) is 10.6 Å². The molecular formula is C12H18N2O3. The molecule has 1 aliphatic heterocycles. The number of rotatable bonds is 3. The number of amides is 1. The van der Waals surface area contributed by atoms with Crippen molar-refractivity contribution < 1.29 is 14.7 Å². The maximum Gasteiger partial charge on any atom is 0.310 e. The highest BCUT2D eigenvalue weighted by molar-refractivity contribution is 5.80. The van der Waals surface area contributed by atoms with Crippen molar-refractivity contribution >= 4 is 11.9 Å². The summed E-state index contributed by atoms with van der Waals surface area (Å²) in [7, 11) is 0. The van der Waals surface area contributed by atoms with Gasteiger partial charge in [-0.1, -0.05) is 19.1 Å². The molecule has 1 aliphatic carbocycles. The summed E-state index contributed by atoms with van der Waals surface area (Å²) in [5.74, 6) is -0.903. The molecule has 1 fully saturated rings. The topological polar surface area (TPSA) is 78.4 Å². The minimum absolute atomic E-state index is 0.00674. The summed E-state index contributed by atoms with van der Waals surface area (Å²) in [6.07, 6.45) is 3.91. The normalized spacial score (nSPS) is 36.1. The number of hydrogen-bond acceptors (Lipinski definition) is 3. The fourth-order valence-corrected chi connectivity index (χ4v) is 2.44. The van der Waals surface area contributed by atoms with E-state index in [2.05, 4.69) is 17.6 Å². The van der Waals surface area contributed by atoms with Crippen molar-refractivity contribution in [2.24, 2.45) is 17.8 Å². The van der Waals surface area contributed by atoms with Gasteiger partial charge in [0.1, 0.15) is 0 Å². The number of aliphatic carboxylic acids is 1. The Morgan fingerprint density at radius 2 is 2.12 bits per heavy atom. The third-order valence-electron chi connectivity index (χ3n) is 3.58. The van der Waals surface area contributed by atoms with Gasteiger partial charge in [0.05, 0.1) is 11.8 Å². The van der Waals surface area contributed by atoms with E-state index in [1.54, 1.807) is 12.2 Å². The van der Waals surface area contributed by atoms with Gasteiger partial charge in [-0.25, -0.2) is 0 Å². The Bertz CT molecular complexity index is 354. The van der Waals surface area contributed by atoms with Gasteiger partial charge in [-0.05, 0) is 18.9 Å². The lowest BCUT2D eigenvalue weighted by Gasteiger charge is -2.18. The van der Waals surface area contributed by atoms with E-state index in [1.165, 1.54) is 0 Å². The molecule has 1 saturated heterocycles. The highest BCUT2D eigenvalue weighted by atomic mass is 16.4. The Balaban J connectivity index is 1.84. The van der Waals surface area contributed by atoms with E-state index in [9.17, 15) is 9.59 Å². The molecule has 5 heteroatoms. The molecule has 5 nitrogen and oxygen atoms in total. The van der Waals surface area contributed by atoms with Gasteiger partial charge in [0.25, 0.3) is 0 Å². The average molecular weight is 238 g/mol. The molecule has 0 saturated carbocycles. The molecule has 4 atom stereocenters. The van der Waals surface area contributed by atoms with Crippen LogP contribution in [0.3, 0.4) is 0 Å². The van der Waals surface area contributed by atoms with Gasteiger partial charge in [-0.2, -0.15) is 0 Å². The first-order chi connectivity index (χ1) is 8.08. The summed E-state index contributed by atoms with van der Waals surface area (Å²) in [6.45, 7) is 3.64. The lowest BCUT2D eigenvalue weighted by Crippen LogP contribution is -2.40. The second kappa shape index (κ2) is 4.87. The van der Waals surface area contributed by atoms with Crippen LogP contribution in [0.5, 0.6) is 0 Å². The minimum atomic E-state index is -0.825. The van der Waals surface area contributed by atoms with Crippen LogP contribution < -0.4 is 10.6 Å². The van der Waals surface area contributed by atoms with Crippen LogP contribution in [0.25, 0.3) is 0 Å². The maximum absolute atomic E-state index is 12.0. The van der Waals surface area contributed by atoms with Gasteiger partial charge >= 0.3 is 5.97 Å². The summed E-state index contributed by atoms with van der Waals surface area (Å²) in [4.78, 5) is 22.7. The average Bonchev–Trinajstić information content (AvgIpc) is 2.86. The van der Waals surface area contributed by atoms with Crippen molar-refractivity contribution in [2.75, 3.05) is 13.1 Å². The summed E-state index contributed by atoms with van der Waals surface area (Å²) in [5.41, 5.74) is 0. The van der Waals surface area contributed by atoms with Crippen LogP contribution in [-0.2, 0) is 9.59 Å². The molecule has 17 heavy (non-hydrogen) atoms. The smallest absolute Gasteiger partial charge is 0.310 e. The molecule has 0 radical (unpaired) electrons. The number of carboxylic acid groups (broad SMARTS) is 1. The molecule has 0 aromatic carbocycles. The summed E-state index contributed by atoms with van der Waals surface area (Å²) in [6, 6.07) is -0.128. The third kappa shape index (κ3) is 2.66. The highest BCUT2D eigenvalue weighted by Crippen LogP contribution is 2.20. The number of nitrogens with one attached hydrogen (secondary N) is 2. The first-order valence-electron chi connectivity index (χ1n) is 6.00. The van der Waals surface area contributed by atoms with Gasteiger partial charge in [0.15, 0.2) is 0 Å². The Kier molecular flexibility index (Phi) is 3.47. The molecule has 0 aromatic heterocycles. The van der Waals surface area contributed by atoms with Crippen molar-refractivity contribution in [1.29, 1.82) is 0 Å². The molecule has 4 unspecified atom stereocenters. The van der Waals surface area contributed by atoms with Crippen molar-refractivity contribution in [3.8, 4) is 0 Å². The number of hydrogen-bond donors (Lipinski definition) is 3. The maximum atomic E-state index is 12.0. The van der Waals surface area contributed by atoms with Gasteiger partial charge < -0.3 is 15.7 Å². The molecule has 1 heterocycles. The summed E-state index contributed by atoms with van der Waals surface area (Å²) < 4.78 is 0. The van der Waals surface area contributed by atoms with Gasteiger partial charge in [-0.3, -0.25) is 9.59 Å². The molecule has 94 valence electrons. The van der Waals surface area contributed by atoms with E-state index in [-0.39, 0.29) is 17.9 Å². The molecule has 0 aromatic rings. The van der Waals surface area contributed by atoms with Gasteiger partial charge in [0, 0.05) is 12.6 Å². The first-order valence-corrected chi connectivity index (χ1v) is 6.00. The monoisotopic (exact) mass is 238 g/mol. The predicted octanol–water partition coefficient (Wildman–Crippen LogP) is -0.0126. The van der Waals surface area contributed by atoms with Crippen LogP contribution in [0.4, 0.5) is 0 Å². The van der Waals surface area contributed by atoms with E-state index >= 15 is 0 Å². The number of carboxylic acids is 1. The molecular weight excluding hydrogens is 220 g/mol. The molecule has 3 N–H and O–H groups in total. The van der Waals surface area contributed by atoms with E-state index in [1.807, 2.05) is 0 Å². The quantitative estimate of drug-likeness (QED) is 0.604. The standard InChI is InChI=1S/C12H18N2O3/c1-7-5-13-6-10(7)11(15)14-9-3-2-8(4-9)12(16)17/h2-3,7-10,13H,4-6H2,1H3,(H,14,15)(H,16,17). The van der Waals surface area contributed by atoms with Crippen molar-refractivity contribution in [2.45, 2.75) is 19.4 Å². The van der Waals surface area contributed by atoms with Crippen LogP contribution in [0, 0.1) is 17.8 Å².